The van der Waals surface area contributed by atoms with Crippen LogP contribution in [0.3, 0.4) is 0 Å². The number of phenolic OH excluding ortho intramolecular Hbond substituents is 1. The van der Waals surface area contributed by atoms with Crippen LogP contribution in [0, 0.1) is 0 Å². The average molecular weight is 334 g/mol. The largest absolute Gasteiger partial charge is 0.508 e. The first-order valence-electron chi connectivity index (χ1n) is 6.31. The van der Waals surface area contributed by atoms with Gasteiger partial charge >= 0.3 is 0 Å². The first-order valence-corrected chi connectivity index (χ1v) is 7.11. The molecule has 0 aromatic heterocycles. The number of carbonyl (C=O) groups excluding carboxylic acids is 1. The van der Waals surface area contributed by atoms with Crippen molar-refractivity contribution in [2.24, 2.45) is 0 Å². The maximum Gasteiger partial charge on any atom is 0.227 e. The summed E-state index contributed by atoms with van der Waals surface area (Å²) in [5, 5.41) is 9.22. The molecule has 0 radical (unpaired) electrons. The second-order valence-electron chi connectivity index (χ2n) is 4.68. The zero-order chi connectivity index (χ0) is 14.5. The van der Waals surface area contributed by atoms with E-state index in [0.29, 0.717) is 13.0 Å². The Bertz CT molecular complexity index is 596. The molecule has 1 amide bonds. The van der Waals surface area contributed by atoms with Crippen LogP contribution >= 0.6 is 15.9 Å². The van der Waals surface area contributed by atoms with Gasteiger partial charge in [-0.2, -0.15) is 0 Å². The van der Waals surface area contributed by atoms with Crippen LogP contribution in [0.15, 0.2) is 53.0 Å². The van der Waals surface area contributed by atoms with Gasteiger partial charge in [0.1, 0.15) is 5.75 Å². The lowest BCUT2D eigenvalue weighted by Crippen LogP contribution is -2.27. The normalized spacial score (nSPS) is 10.3. The molecule has 0 aliphatic rings. The molecular weight excluding hydrogens is 318 g/mol. The van der Waals surface area contributed by atoms with E-state index < -0.39 is 0 Å². The fourth-order valence-corrected chi connectivity index (χ4v) is 2.30. The summed E-state index contributed by atoms with van der Waals surface area (Å²) >= 11 is 3.48. The maximum atomic E-state index is 12.2. The third kappa shape index (κ3) is 3.84. The molecule has 0 spiro atoms. The van der Waals surface area contributed by atoms with Crippen molar-refractivity contribution in [1.29, 1.82) is 0 Å². The highest BCUT2D eigenvalue weighted by Gasteiger charge is 2.11. The van der Waals surface area contributed by atoms with E-state index in [9.17, 15) is 9.90 Å². The fraction of sp³-hybridized carbons (Fsp3) is 0.188. The topological polar surface area (TPSA) is 40.5 Å². The summed E-state index contributed by atoms with van der Waals surface area (Å²) in [6.45, 7) is 0.568. The van der Waals surface area contributed by atoms with Crippen LogP contribution in [0.4, 0.5) is 0 Å². The van der Waals surface area contributed by atoms with E-state index in [2.05, 4.69) is 15.9 Å². The van der Waals surface area contributed by atoms with E-state index in [0.717, 1.165) is 15.6 Å². The fourth-order valence-electron chi connectivity index (χ4n) is 1.89. The van der Waals surface area contributed by atoms with Gasteiger partial charge in [-0.15, -0.1) is 0 Å². The van der Waals surface area contributed by atoms with Gasteiger partial charge in [0.25, 0.3) is 0 Å². The van der Waals surface area contributed by atoms with Crippen molar-refractivity contribution in [2.45, 2.75) is 13.0 Å². The van der Waals surface area contributed by atoms with Gasteiger partial charge in [0.2, 0.25) is 5.91 Å². The number of nitrogens with zero attached hydrogens (tertiary/aromatic N) is 1. The predicted molar refractivity (Wildman–Crippen MR) is 82.4 cm³/mol. The monoisotopic (exact) mass is 333 g/mol. The van der Waals surface area contributed by atoms with Crippen LogP contribution in [0.2, 0.25) is 0 Å². The summed E-state index contributed by atoms with van der Waals surface area (Å²) in [6, 6.07) is 14.6. The number of phenols is 1. The molecule has 3 nitrogen and oxygen atoms in total. The number of hydrogen-bond donors (Lipinski definition) is 1. The minimum Gasteiger partial charge on any atom is -0.508 e. The van der Waals surface area contributed by atoms with E-state index >= 15 is 0 Å². The zero-order valence-electron chi connectivity index (χ0n) is 11.2. The van der Waals surface area contributed by atoms with Crippen molar-refractivity contribution in [2.75, 3.05) is 7.05 Å². The minimum atomic E-state index is 0.0476. The van der Waals surface area contributed by atoms with Crippen LogP contribution in [-0.2, 0) is 17.8 Å². The Hall–Kier alpha value is -1.81. The minimum absolute atomic E-state index is 0.0476. The van der Waals surface area contributed by atoms with Gasteiger partial charge in [0, 0.05) is 18.1 Å². The highest BCUT2D eigenvalue weighted by Crippen LogP contribution is 2.18. The molecule has 0 saturated carbocycles. The number of rotatable bonds is 4. The van der Waals surface area contributed by atoms with Crippen molar-refractivity contribution >= 4 is 21.8 Å². The number of amides is 1. The Morgan fingerprint density at radius 1 is 1.15 bits per heavy atom. The SMILES string of the molecule is CN(Cc1ccccc1Br)C(=O)Cc1ccc(O)cc1. The standard InChI is InChI=1S/C16H16BrNO2/c1-18(11-13-4-2-3-5-15(13)17)16(20)10-12-6-8-14(19)9-7-12/h2-9,19H,10-11H2,1H3. The van der Waals surface area contributed by atoms with Gasteiger partial charge in [0.15, 0.2) is 0 Å². The van der Waals surface area contributed by atoms with Gasteiger partial charge in [-0.3, -0.25) is 4.79 Å². The Morgan fingerprint density at radius 2 is 1.80 bits per heavy atom. The molecule has 0 bridgehead atoms. The van der Waals surface area contributed by atoms with Crippen molar-refractivity contribution in [3.05, 3.63) is 64.1 Å². The summed E-state index contributed by atoms with van der Waals surface area (Å²) in [5.74, 6) is 0.259. The molecule has 20 heavy (non-hydrogen) atoms. The summed E-state index contributed by atoms with van der Waals surface area (Å²) in [6.07, 6.45) is 0.335. The van der Waals surface area contributed by atoms with E-state index in [-0.39, 0.29) is 11.7 Å². The molecule has 104 valence electrons. The third-order valence-corrected chi connectivity index (χ3v) is 3.86. The quantitative estimate of drug-likeness (QED) is 0.931. The van der Waals surface area contributed by atoms with Gasteiger partial charge in [0.05, 0.1) is 6.42 Å². The van der Waals surface area contributed by atoms with Crippen LogP contribution in [0.1, 0.15) is 11.1 Å². The molecule has 1 N–H and O–H groups in total. The van der Waals surface area contributed by atoms with Crippen LogP contribution in [0.5, 0.6) is 5.75 Å². The lowest BCUT2D eigenvalue weighted by atomic mass is 10.1. The van der Waals surface area contributed by atoms with Crippen LogP contribution in [-0.4, -0.2) is 23.0 Å². The first-order chi connectivity index (χ1) is 9.56. The molecule has 2 rings (SSSR count). The molecular formula is C16H16BrNO2. The summed E-state index contributed by atoms with van der Waals surface area (Å²) in [7, 11) is 1.79. The smallest absolute Gasteiger partial charge is 0.227 e. The Balaban J connectivity index is 1.99. The second-order valence-corrected chi connectivity index (χ2v) is 5.54. The number of halogens is 1. The Morgan fingerprint density at radius 3 is 2.45 bits per heavy atom. The zero-order valence-corrected chi connectivity index (χ0v) is 12.8. The lowest BCUT2D eigenvalue weighted by Gasteiger charge is -2.18. The molecule has 0 atom stereocenters. The Labute approximate surface area is 127 Å². The van der Waals surface area contributed by atoms with Gasteiger partial charge in [-0.05, 0) is 29.3 Å². The van der Waals surface area contributed by atoms with Crippen LogP contribution in [0.25, 0.3) is 0 Å². The van der Waals surface area contributed by atoms with E-state index in [1.807, 2.05) is 24.3 Å². The highest BCUT2D eigenvalue weighted by atomic mass is 79.9. The lowest BCUT2D eigenvalue weighted by molar-refractivity contribution is -0.129. The molecule has 2 aromatic rings. The maximum absolute atomic E-state index is 12.2. The van der Waals surface area contributed by atoms with E-state index in [1.54, 1.807) is 36.2 Å². The molecule has 0 heterocycles. The summed E-state index contributed by atoms with van der Waals surface area (Å²) in [4.78, 5) is 13.9. The van der Waals surface area contributed by atoms with Crippen LogP contribution < -0.4 is 0 Å². The van der Waals surface area contributed by atoms with Crippen molar-refractivity contribution < 1.29 is 9.90 Å². The molecule has 0 aliphatic carbocycles. The molecule has 0 fully saturated rings. The third-order valence-electron chi connectivity index (χ3n) is 3.08. The van der Waals surface area contributed by atoms with Gasteiger partial charge < -0.3 is 10.0 Å². The van der Waals surface area contributed by atoms with Gasteiger partial charge in [-0.1, -0.05) is 46.3 Å². The number of aromatic hydroxyl groups is 1. The molecule has 0 aliphatic heterocycles. The van der Waals surface area contributed by atoms with Crippen molar-refractivity contribution in [3.63, 3.8) is 0 Å². The predicted octanol–water partition coefficient (Wildman–Crippen LogP) is 3.36. The van der Waals surface area contributed by atoms with E-state index in [1.165, 1.54) is 0 Å². The van der Waals surface area contributed by atoms with Crippen molar-refractivity contribution in [3.8, 4) is 5.75 Å². The first kappa shape index (κ1) is 14.6. The highest BCUT2D eigenvalue weighted by molar-refractivity contribution is 9.10. The summed E-state index contributed by atoms with van der Waals surface area (Å²) < 4.78 is 1.00. The van der Waals surface area contributed by atoms with E-state index in [4.69, 9.17) is 0 Å². The van der Waals surface area contributed by atoms with Gasteiger partial charge in [-0.25, -0.2) is 0 Å². The number of carbonyl (C=O) groups is 1. The molecule has 4 heteroatoms. The average Bonchev–Trinajstić information content (AvgIpc) is 2.44. The molecule has 0 unspecified atom stereocenters. The summed E-state index contributed by atoms with van der Waals surface area (Å²) in [5.41, 5.74) is 1.97. The number of hydrogen-bond acceptors (Lipinski definition) is 2. The van der Waals surface area contributed by atoms with Crippen molar-refractivity contribution in [1.82, 2.24) is 4.90 Å². The molecule has 2 aromatic carbocycles. The number of benzene rings is 2. The molecule has 0 saturated heterocycles. The number of likely N-dealkylation sites (N-methyl/N-ethyl adjacent to an activating group) is 1. The Kier molecular flexibility index (Phi) is 4.79. The second kappa shape index (κ2) is 6.57.